The molecule has 132 valence electrons. The number of amides is 1. The van der Waals surface area contributed by atoms with E-state index in [-0.39, 0.29) is 10.8 Å². The second kappa shape index (κ2) is 8.22. The highest BCUT2D eigenvalue weighted by Gasteiger charge is 2.24. The monoisotopic (exact) mass is 356 g/mol. The first-order chi connectivity index (χ1) is 11.4. The van der Waals surface area contributed by atoms with E-state index in [2.05, 4.69) is 4.72 Å². The van der Waals surface area contributed by atoms with Crippen LogP contribution in [0.25, 0.3) is 0 Å². The highest BCUT2D eigenvalue weighted by atomic mass is 32.2. The summed E-state index contributed by atoms with van der Waals surface area (Å²) in [6, 6.07) is 6.59. The van der Waals surface area contributed by atoms with E-state index in [1.165, 1.54) is 24.0 Å². The largest absolute Gasteiger partial charge is 0.454 e. The number of carbonyl (C=O) groups is 2. The van der Waals surface area contributed by atoms with Crippen LogP contribution in [0.1, 0.15) is 6.92 Å². The van der Waals surface area contributed by atoms with Crippen LogP contribution in [0.3, 0.4) is 0 Å². The van der Waals surface area contributed by atoms with E-state index in [9.17, 15) is 18.0 Å². The molecule has 1 fully saturated rings. The molecule has 0 aliphatic carbocycles. The van der Waals surface area contributed by atoms with Gasteiger partial charge < -0.3 is 14.4 Å². The Morgan fingerprint density at radius 3 is 2.50 bits per heavy atom. The third kappa shape index (κ3) is 5.02. The highest BCUT2D eigenvalue weighted by Crippen LogP contribution is 2.08. The van der Waals surface area contributed by atoms with Crippen LogP contribution in [-0.4, -0.2) is 64.1 Å². The SMILES string of the molecule is C[C@H](NS(=O)(=O)c1ccccc1)C(=O)OCC(=O)N1CCOCC1. The number of benzene rings is 1. The molecule has 1 amide bonds. The maximum absolute atomic E-state index is 12.1. The summed E-state index contributed by atoms with van der Waals surface area (Å²) in [5, 5.41) is 0. The molecule has 0 radical (unpaired) electrons. The normalized spacial score (nSPS) is 16.5. The lowest BCUT2D eigenvalue weighted by Gasteiger charge is -2.26. The van der Waals surface area contributed by atoms with Crippen LogP contribution in [0, 0.1) is 0 Å². The summed E-state index contributed by atoms with van der Waals surface area (Å²) in [7, 11) is -3.83. The number of esters is 1. The van der Waals surface area contributed by atoms with Crippen LogP contribution < -0.4 is 4.72 Å². The van der Waals surface area contributed by atoms with Crippen molar-refractivity contribution in [3.63, 3.8) is 0 Å². The molecular formula is C15H20N2O6S. The van der Waals surface area contributed by atoms with Gasteiger partial charge in [-0.1, -0.05) is 18.2 Å². The fourth-order valence-electron chi connectivity index (χ4n) is 2.11. The third-order valence-corrected chi connectivity index (χ3v) is 5.00. The zero-order valence-corrected chi connectivity index (χ0v) is 14.1. The Bertz CT molecular complexity index is 670. The molecule has 24 heavy (non-hydrogen) atoms. The van der Waals surface area contributed by atoms with E-state index in [4.69, 9.17) is 9.47 Å². The number of hydrogen-bond acceptors (Lipinski definition) is 6. The van der Waals surface area contributed by atoms with E-state index < -0.39 is 28.6 Å². The Morgan fingerprint density at radius 1 is 1.25 bits per heavy atom. The minimum Gasteiger partial charge on any atom is -0.454 e. The molecule has 9 heteroatoms. The molecule has 1 aliphatic rings. The molecule has 1 aromatic rings. The molecule has 8 nitrogen and oxygen atoms in total. The van der Waals surface area contributed by atoms with Crippen LogP contribution in [0.4, 0.5) is 0 Å². The van der Waals surface area contributed by atoms with Crippen molar-refractivity contribution < 1.29 is 27.5 Å². The van der Waals surface area contributed by atoms with E-state index >= 15 is 0 Å². The van der Waals surface area contributed by atoms with Crippen LogP contribution in [-0.2, 0) is 29.1 Å². The lowest BCUT2D eigenvalue weighted by Crippen LogP contribution is -2.44. The van der Waals surface area contributed by atoms with E-state index in [0.717, 1.165) is 0 Å². The van der Waals surface area contributed by atoms with Gasteiger partial charge in [0.1, 0.15) is 6.04 Å². The van der Waals surface area contributed by atoms with Gasteiger partial charge in [0.15, 0.2) is 6.61 Å². The van der Waals surface area contributed by atoms with Crippen molar-refractivity contribution >= 4 is 21.9 Å². The van der Waals surface area contributed by atoms with E-state index in [1.807, 2.05) is 0 Å². The van der Waals surface area contributed by atoms with Crippen LogP contribution in [0.5, 0.6) is 0 Å². The zero-order valence-electron chi connectivity index (χ0n) is 13.3. The van der Waals surface area contributed by atoms with Gasteiger partial charge in [-0.25, -0.2) is 8.42 Å². The molecule has 0 unspecified atom stereocenters. The number of ether oxygens (including phenoxy) is 2. The first kappa shape index (κ1) is 18.4. The van der Waals surface area contributed by atoms with Crippen molar-refractivity contribution in [2.24, 2.45) is 0 Å². The van der Waals surface area contributed by atoms with E-state index in [0.29, 0.717) is 26.3 Å². The van der Waals surface area contributed by atoms with Gasteiger partial charge in [-0.15, -0.1) is 0 Å². The predicted molar refractivity (Wildman–Crippen MR) is 84.6 cm³/mol. The number of carbonyl (C=O) groups excluding carboxylic acids is 2. The summed E-state index contributed by atoms with van der Waals surface area (Å²) in [6.07, 6.45) is 0. The van der Waals surface area contributed by atoms with Crippen LogP contribution >= 0.6 is 0 Å². The smallest absolute Gasteiger partial charge is 0.324 e. The van der Waals surface area contributed by atoms with Crippen molar-refractivity contribution in [3.8, 4) is 0 Å². The Hall–Kier alpha value is -1.97. The van der Waals surface area contributed by atoms with Gasteiger partial charge in [0.05, 0.1) is 18.1 Å². The van der Waals surface area contributed by atoms with Crippen molar-refractivity contribution in [2.45, 2.75) is 17.9 Å². The summed E-state index contributed by atoms with van der Waals surface area (Å²) < 4.78 is 36.5. The van der Waals surface area contributed by atoms with Crippen molar-refractivity contribution in [1.29, 1.82) is 0 Å². The first-order valence-corrected chi connectivity index (χ1v) is 8.98. The fraction of sp³-hybridized carbons (Fsp3) is 0.467. The number of nitrogens with zero attached hydrogens (tertiary/aromatic N) is 1. The van der Waals surface area contributed by atoms with Gasteiger partial charge in [-0.3, -0.25) is 9.59 Å². The number of hydrogen-bond donors (Lipinski definition) is 1. The molecule has 1 saturated heterocycles. The molecule has 1 aromatic carbocycles. The summed E-state index contributed by atoms with van der Waals surface area (Å²) in [6.45, 7) is 2.75. The lowest BCUT2D eigenvalue weighted by atomic mass is 10.4. The summed E-state index contributed by atoms with van der Waals surface area (Å²) >= 11 is 0. The highest BCUT2D eigenvalue weighted by molar-refractivity contribution is 7.89. The van der Waals surface area contributed by atoms with Gasteiger partial charge >= 0.3 is 5.97 Å². The molecule has 1 aliphatic heterocycles. The predicted octanol–water partition coefficient (Wildman–Crippen LogP) is -0.245. The van der Waals surface area contributed by atoms with Crippen LogP contribution in [0.2, 0.25) is 0 Å². The van der Waals surface area contributed by atoms with Gasteiger partial charge in [-0.05, 0) is 19.1 Å². The first-order valence-electron chi connectivity index (χ1n) is 7.49. The van der Waals surface area contributed by atoms with Gasteiger partial charge in [0, 0.05) is 13.1 Å². The number of sulfonamides is 1. The maximum atomic E-state index is 12.1. The Morgan fingerprint density at radius 2 is 1.88 bits per heavy atom. The second-order valence-corrected chi connectivity index (χ2v) is 6.97. The minimum atomic E-state index is -3.83. The Labute approximate surface area is 140 Å². The average molecular weight is 356 g/mol. The lowest BCUT2D eigenvalue weighted by molar-refractivity contribution is -0.154. The fourth-order valence-corrected chi connectivity index (χ4v) is 3.32. The Balaban J connectivity index is 1.84. The van der Waals surface area contributed by atoms with Gasteiger partial charge in [-0.2, -0.15) is 4.72 Å². The zero-order chi connectivity index (χ0) is 17.6. The molecule has 1 atom stereocenters. The molecule has 0 spiro atoms. The molecule has 1 N–H and O–H groups in total. The quantitative estimate of drug-likeness (QED) is 0.706. The third-order valence-electron chi connectivity index (χ3n) is 3.44. The molecule has 0 aromatic heterocycles. The van der Waals surface area contributed by atoms with Crippen LogP contribution in [0.15, 0.2) is 35.2 Å². The molecule has 0 bridgehead atoms. The molecule has 2 rings (SSSR count). The maximum Gasteiger partial charge on any atom is 0.324 e. The van der Waals surface area contributed by atoms with Gasteiger partial charge in [0.25, 0.3) is 5.91 Å². The topological polar surface area (TPSA) is 102 Å². The van der Waals surface area contributed by atoms with E-state index in [1.54, 1.807) is 18.2 Å². The van der Waals surface area contributed by atoms with Crippen molar-refractivity contribution in [1.82, 2.24) is 9.62 Å². The number of morpholine rings is 1. The summed E-state index contributed by atoms with van der Waals surface area (Å²) in [5.41, 5.74) is 0. The molecular weight excluding hydrogens is 336 g/mol. The average Bonchev–Trinajstić information content (AvgIpc) is 2.60. The minimum absolute atomic E-state index is 0.0500. The van der Waals surface area contributed by atoms with Crippen molar-refractivity contribution in [3.05, 3.63) is 30.3 Å². The van der Waals surface area contributed by atoms with Crippen molar-refractivity contribution in [2.75, 3.05) is 32.9 Å². The second-order valence-electron chi connectivity index (χ2n) is 5.26. The standard InChI is InChI=1S/C15H20N2O6S/c1-12(16-24(20,21)13-5-3-2-4-6-13)15(19)23-11-14(18)17-7-9-22-10-8-17/h2-6,12,16H,7-11H2,1H3/t12-/m0/s1. The molecule has 1 heterocycles. The Kier molecular flexibility index (Phi) is 6.29. The van der Waals surface area contributed by atoms with Gasteiger partial charge in [0.2, 0.25) is 10.0 Å². The molecule has 0 saturated carbocycles. The number of rotatable bonds is 6. The summed E-state index contributed by atoms with van der Waals surface area (Å²) in [4.78, 5) is 25.4. The number of nitrogens with one attached hydrogen (secondary N) is 1. The summed E-state index contributed by atoms with van der Waals surface area (Å²) in [5.74, 6) is -1.14.